The Hall–Kier alpha value is -2.15. The molecule has 4 rings (SSSR count). The average molecular weight is 370 g/mol. The molecule has 2 aromatic heterocycles. The SMILES string of the molecule is CCc1cc(N2CCC(NCCn3ccnc3)CC2)nc(N2CCCC2)n1. The van der Waals surface area contributed by atoms with Gasteiger partial charge in [0.25, 0.3) is 0 Å². The molecule has 2 aliphatic heterocycles. The molecule has 2 aromatic rings. The van der Waals surface area contributed by atoms with Crippen molar-refractivity contribution in [2.75, 3.05) is 42.5 Å². The number of aromatic nitrogens is 4. The van der Waals surface area contributed by atoms with Crippen molar-refractivity contribution >= 4 is 11.8 Å². The molecular formula is C20H31N7. The Morgan fingerprint density at radius 3 is 2.59 bits per heavy atom. The van der Waals surface area contributed by atoms with Crippen LogP contribution in [0.5, 0.6) is 0 Å². The summed E-state index contributed by atoms with van der Waals surface area (Å²) in [6.07, 6.45) is 11.5. The topological polar surface area (TPSA) is 62.1 Å². The van der Waals surface area contributed by atoms with Crippen LogP contribution in [0.2, 0.25) is 0 Å². The third-order valence-corrected chi connectivity index (χ3v) is 5.69. The molecule has 0 atom stereocenters. The van der Waals surface area contributed by atoms with Gasteiger partial charge >= 0.3 is 0 Å². The number of nitrogens with one attached hydrogen (secondary N) is 1. The molecule has 2 fully saturated rings. The highest BCUT2D eigenvalue weighted by Gasteiger charge is 2.22. The van der Waals surface area contributed by atoms with Gasteiger partial charge < -0.3 is 19.7 Å². The summed E-state index contributed by atoms with van der Waals surface area (Å²) in [6, 6.07) is 2.78. The third kappa shape index (κ3) is 4.58. The zero-order valence-electron chi connectivity index (χ0n) is 16.3. The fourth-order valence-electron chi connectivity index (χ4n) is 4.00. The average Bonchev–Trinajstić information content (AvgIpc) is 3.42. The van der Waals surface area contributed by atoms with Crippen LogP contribution < -0.4 is 15.1 Å². The van der Waals surface area contributed by atoms with Gasteiger partial charge in [0, 0.05) is 69.5 Å². The molecular weight excluding hydrogens is 338 g/mol. The van der Waals surface area contributed by atoms with E-state index in [0.29, 0.717) is 6.04 Å². The molecule has 0 radical (unpaired) electrons. The minimum atomic E-state index is 0.593. The molecule has 0 bridgehead atoms. The number of hydrogen-bond donors (Lipinski definition) is 1. The van der Waals surface area contributed by atoms with E-state index in [4.69, 9.17) is 9.97 Å². The summed E-state index contributed by atoms with van der Waals surface area (Å²) >= 11 is 0. The lowest BCUT2D eigenvalue weighted by Gasteiger charge is -2.34. The minimum Gasteiger partial charge on any atom is -0.356 e. The Bertz CT molecular complexity index is 701. The van der Waals surface area contributed by atoms with Crippen molar-refractivity contribution in [3.8, 4) is 0 Å². The predicted octanol–water partition coefficient (Wildman–Crippen LogP) is 2.09. The second-order valence-electron chi connectivity index (χ2n) is 7.58. The van der Waals surface area contributed by atoms with Gasteiger partial charge in [-0.2, -0.15) is 4.98 Å². The summed E-state index contributed by atoms with van der Waals surface area (Å²) < 4.78 is 2.12. The van der Waals surface area contributed by atoms with E-state index in [-0.39, 0.29) is 0 Å². The quantitative estimate of drug-likeness (QED) is 0.806. The lowest BCUT2D eigenvalue weighted by Crippen LogP contribution is -2.43. The second kappa shape index (κ2) is 8.69. The molecule has 2 saturated heterocycles. The molecule has 1 N–H and O–H groups in total. The van der Waals surface area contributed by atoms with Crippen molar-refractivity contribution in [2.24, 2.45) is 0 Å². The van der Waals surface area contributed by atoms with Crippen molar-refractivity contribution in [3.63, 3.8) is 0 Å². The van der Waals surface area contributed by atoms with Crippen LogP contribution in [0.1, 0.15) is 38.3 Å². The maximum Gasteiger partial charge on any atom is 0.227 e. The molecule has 4 heterocycles. The minimum absolute atomic E-state index is 0.593. The van der Waals surface area contributed by atoms with Crippen LogP contribution >= 0.6 is 0 Å². The van der Waals surface area contributed by atoms with Gasteiger partial charge in [0.05, 0.1) is 6.33 Å². The smallest absolute Gasteiger partial charge is 0.227 e. The van der Waals surface area contributed by atoms with Crippen LogP contribution in [-0.4, -0.2) is 58.3 Å². The van der Waals surface area contributed by atoms with Crippen molar-refractivity contribution in [2.45, 2.75) is 51.6 Å². The fraction of sp³-hybridized carbons (Fsp3) is 0.650. The molecule has 7 heteroatoms. The number of piperidine rings is 1. The van der Waals surface area contributed by atoms with E-state index in [1.807, 2.05) is 18.7 Å². The van der Waals surface area contributed by atoms with E-state index < -0.39 is 0 Å². The van der Waals surface area contributed by atoms with E-state index >= 15 is 0 Å². The monoisotopic (exact) mass is 369 g/mol. The summed E-state index contributed by atoms with van der Waals surface area (Å²) in [5, 5.41) is 3.69. The molecule has 2 aliphatic rings. The Morgan fingerprint density at radius 2 is 1.89 bits per heavy atom. The Balaban J connectivity index is 1.32. The van der Waals surface area contributed by atoms with Gasteiger partial charge in [-0.05, 0) is 32.1 Å². The van der Waals surface area contributed by atoms with Crippen LogP contribution in [0.3, 0.4) is 0 Å². The highest BCUT2D eigenvalue weighted by molar-refractivity contribution is 5.47. The zero-order chi connectivity index (χ0) is 18.5. The molecule has 0 unspecified atom stereocenters. The molecule has 0 saturated carbocycles. The number of hydrogen-bond acceptors (Lipinski definition) is 6. The number of nitrogens with zero attached hydrogens (tertiary/aromatic N) is 6. The van der Waals surface area contributed by atoms with Gasteiger partial charge in [0.1, 0.15) is 5.82 Å². The van der Waals surface area contributed by atoms with E-state index in [0.717, 1.165) is 76.0 Å². The number of imidazole rings is 1. The van der Waals surface area contributed by atoms with Crippen LogP contribution in [0, 0.1) is 0 Å². The van der Waals surface area contributed by atoms with Crippen LogP contribution in [0.15, 0.2) is 24.8 Å². The first-order valence-electron chi connectivity index (χ1n) is 10.4. The molecule has 0 spiro atoms. The molecule has 0 aliphatic carbocycles. The van der Waals surface area contributed by atoms with Gasteiger partial charge in [-0.1, -0.05) is 6.92 Å². The summed E-state index contributed by atoms with van der Waals surface area (Å²) in [6.45, 7) is 8.45. The fourth-order valence-corrected chi connectivity index (χ4v) is 4.00. The van der Waals surface area contributed by atoms with Gasteiger partial charge in [0.2, 0.25) is 5.95 Å². The number of rotatable bonds is 7. The van der Waals surface area contributed by atoms with E-state index in [1.165, 1.54) is 12.8 Å². The third-order valence-electron chi connectivity index (χ3n) is 5.69. The van der Waals surface area contributed by atoms with Crippen molar-refractivity contribution in [1.82, 2.24) is 24.8 Å². The largest absolute Gasteiger partial charge is 0.356 e. The molecule has 0 aromatic carbocycles. The van der Waals surface area contributed by atoms with Crippen molar-refractivity contribution in [1.29, 1.82) is 0 Å². The maximum atomic E-state index is 4.92. The normalized spacial score (nSPS) is 18.4. The maximum absolute atomic E-state index is 4.92. The summed E-state index contributed by atoms with van der Waals surface area (Å²) in [5.41, 5.74) is 1.16. The number of aryl methyl sites for hydroxylation is 1. The van der Waals surface area contributed by atoms with Gasteiger partial charge in [-0.3, -0.25) is 0 Å². The summed E-state index contributed by atoms with van der Waals surface area (Å²) in [4.78, 5) is 18.6. The highest BCUT2D eigenvalue weighted by Crippen LogP contribution is 2.23. The highest BCUT2D eigenvalue weighted by atomic mass is 15.3. The second-order valence-corrected chi connectivity index (χ2v) is 7.58. The molecule has 7 nitrogen and oxygen atoms in total. The van der Waals surface area contributed by atoms with Crippen molar-refractivity contribution in [3.05, 3.63) is 30.5 Å². The Kier molecular flexibility index (Phi) is 5.87. The van der Waals surface area contributed by atoms with E-state index in [2.05, 4.69) is 37.7 Å². The van der Waals surface area contributed by atoms with E-state index in [1.54, 1.807) is 0 Å². The Morgan fingerprint density at radius 1 is 1.07 bits per heavy atom. The first-order valence-corrected chi connectivity index (χ1v) is 10.4. The lowest BCUT2D eigenvalue weighted by molar-refractivity contribution is 0.405. The molecule has 27 heavy (non-hydrogen) atoms. The van der Waals surface area contributed by atoms with Gasteiger partial charge in [-0.15, -0.1) is 0 Å². The van der Waals surface area contributed by atoms with Gasteiger partial charge in [0.15, 0.2) is 0 Å². The van der Waals surface area contributed by atoms with Crippen LogP contribution in [0.4, 0.5) is 11.8 Å². The first kappa shape index (κ1) is 18.2. The summed E-state index contributed by atoms with van der Waals surface area (Å²) in [5.74, 6) is 2.04. The van der Waals surface area contributed by atoms with Crippen LogP contribution in [-0.2, 0) is 13.0 Å². The van der Waals surface area contributed by atoms with E-state index in [9.17, 15) is 0 Å². The van der Waals surface area contributed by atoms with Gasteiger partial charge in [-0.25, -0.2) is 9.97 Å². The Labute approximate surface area is 161 Å². The lowest BCUT2D eigenvalue weighted by atomic mass is 10.0. The molecule has 146 valence electrons. The zero-order valence-corrected chi connectivity index (χ0v) is 16.3. The standard InChI is InChI=1S/C20H31N7/c1-2-17-15-19(24-20(23-17)27-9-3-4-10-27)26-11-5-18(6-12-26)22-8-14-25-13-7-21-16-25/h7,13,15-16,18,22H,2-6,8-12,14H2,1H3. The summed E-state index contributed by atoms with van der Waals surface area (Å²) in [7, 11) is 0. The first-order chi connectivity index (χ1) is 13.3. The number of anilines is 2. The van der Waals surface area contributed by atoms with Crippen molar-refractivity contribution < 1.29 is 0 Å². The molecule has 0 amide bonds. The predicted molar refractivity (Wildman–Crippen MR) is 108 cm³/mol. The van der Waals surface area contributed by atoms with Crippen LogP contribution in [0.25, 0.3) is 0 Å².